The van der Waals surface area contributed by atoms with Gasteiger partial charge in [0.1, 0.15) is 24.5 Å². The third-order valence-electron chi connectivity index (χ3n) is 6.62. The van der Waals surface area contributed by atoms with Crippen LogP contribution in [-0.4, -0.2) is 61.9 Å². The van der Waals surface area contributed by atoms with Gasteiger partial charge in [0.15, 0.2) is 6.23 Å². The highest BCUT2D eigenvalue weighted by Crippen LogP contribution is 2.48. The molecule has 0 amide bonds. The fourth-order valence-electron chi connectivity index (χ4n) is 4.88. The fraction of sp³-hybridized carbons (Fsp3) is 0.850. The van der Waals surface area contributed by atoms with E-state index in [0.29, 0.717) is 0 Å². The van der Waals surface area contributed by atoms with Crippen molar-refractivity contribution in [2.75, 3.05) is 6.61 Å². The van der Waals surface area contributed by atoms with E-state index in [1.807, 2.05) is 0 Å². The lowest BCUT2D eigenvalue weighted by Gasteiger charge is -2.51. The van der Waals surface area contributed by atoms with E-state index in [9.17, 15) is 14.7 Å². The fourth-order valence-corrected chi connectivity index (χ4v) is 16.1. The molecule has 2 aliphatic rings. The summed E-state index contributed by atoms with van der Waals surface area (Å²) in [7, 11) is -5.67. The van der Waals surface area contributed by atoms with Crippen molar-refractivity contribution in [2.24, 2.45) is 0 Å². The number of hydrogen-bond donors (Lipinski definition) is 2. The average molecular weight is 488 g/mol. The van der Waals surface area contributed by atoms with Gasteiger partial charge in [-0.1, -0.05) is 55.4 Å². The third kappa shape index (κ3) is 4.21. The second-order valence-electron chi connectivity index (χ2n) is 10.00. The lowest BCUT2D eigenvalue weighted by Crippen LogP contribution is -2.65. The van der Waals surface area contributed by atoms with Gasteiger partial charge in [0.05, 0.1) is 6.61 Å². The number of fused-ring (bicyclic) bond motifs is 1. The minimum Gasteiger partial charge on any atom is -0.414 e. The van der Waals surface area contributed by atoms with Crippen molar-refractivity contribution < 1.29 is 22.8 Å². The second-order valence-corrected chi connectivity index (χ2v) is 18.8. The number of hydrogen-bond acceptors (Lipinski definition) is 8. The SMILES string of the molecule is CC(C)[Si]1(C(C)C)OCC2OC(n3ncc(=O)[nH]c3=O)C(O)C2O[Si](C(C)C)(C(C)C)O1. The predicted molar refractivity (Wildman–Crippen MR) is 123 cm³/mol. The van der Waals surface area contributed by atoms with Gasteiger partial charge in [-0.25, -0.2) is 4.79 Å². The van der Waals surface area contributed by atoms with Crippen molar-refractivity contribution >= 4 is 17.1 Å². The molecule has 3 heterocycles. The van der Waals surface area contributed by atoms with E-state index in [0.717, 1.165) is 10.9 Å². The molecule has 1 aromatic rings. The van der Waals surface area contributed by atoms with E-state index < -0.39 is 52.9 Å². The van der Waals surface area contributed by atoms with Gasteiger partial charge in [0, 0.05) is 0 Å². The standard InChI is InChI=1S/C20H37N3O7Si2/c1-11(2)31(12(3)4)27-10-15-18(29-32(30-31,13(5)6)14(7)8)17(25)19(28-15)23-20(26)22-16(24)9-21-23/h9,11-15,17-19,25H,10H2,1-8H3,(H,22,24,26). The molecule has 0 saturated carbocycles. The number of aromatic amines is 1. The first-order valence-electron chi connectivity index (χ1n) is 11.4. The molecule has 3 rings (SSSR count). The monoisotopic (exact) mass is 487 g/mol. The summed E-state index contributed by atoms with van der Waals surface area (Å²) >= 11 is 0. The minimum atomic E-state index is -2.93. The molecule has 32 heavy (non-hydrogen) atoms. The van der Waals surface area contributed by atoms with Crippen molar-refractivity contribution in [3.63, 3.8) is 0 Å². The maximum atomic E-state index is 12.3. The molecule has 4 unspecified atom stereocenters. The van der Waals surface area contributed by atoms with Gasteiger partial charge in [0.25, 0.3) is 5.56 Å². The number of ether oxygens (including phenoxy) is 1. The maximum Gasteiger partial charge on any atom is 0.347 e. The van der Waals surface area contributed by atoms with Crippen LogP contribution in [0.15, 0.2) is 15.8 Å². The zero-order chi connectivity index (χ0) is 24.0. The molecule has 2 N–H and O–H groups in total. The maximum absolute atomic E-state index is 12.3. The smallest absolute Gasteiger partial charge is 0.347 e. The number of aliphatic hydroxyl groups is 1. The second kappa shape index (κ2) is 9.24. The molecule has 2 fully saturated rings. The number of nitrogens with one attached hydrogen (secondary N) is 1. The summed E-state index contributed by atoms with van der Waals surface area (Å²) in [5.74, 6) is 0. The Morgan fingerprint density at radius 1 is 1.03 bits per heavy atom. The van der Waals surface area contributed by atoms with Gasteiger partial charge >= 0.3 is 22.8 Å². The van der Waals surface area contributed by atoms with Crippen molar-refractivity contribution in [1.82, 2.24) is 14.8 Å². The van der Waals surface area contributed by atoms with Crippen LogP contribution in [0.4, 0.5) is 0 Å². The van der Waals surface area contributed by atoms with Gasteiger partial charge in [-0.3, -0.25) is 9.78 Å². The van der Waals surface area contributed by atoms with Crippen molar-refractivity contribution in [3.8, 4) is 0 Å². The van der Waals surface area contributed by atoms with Gasteiger partial charge in [-0.05, 0) is 22.2 Å². The van der Waals surface area contributed by atoms with Crippen LogP contribution in [0.25, 0.3) is 0 Å². The van der Waals surface area contributed by atoms with E-state index in [1.165, 1.54) is 0 Å². The molecule has 4 atom stereocenters. The highest BCUT2D eigenvalue weighted by molar-refractivity contribution is 6.83. The van der Waals surface area contributed by atoms with Crippen molar-refractivity contribution in [3.05, 3.63) is 27.0 Å². The van der Waals surface area contributed by atoms with E-state index in [-0.39, 0.29) is 28.8 Å². The summed E-state index contributed by atoms with van der Waals surface area (Å²) in [5, 5.41) is 15.0. The molecule has 0 aromatic carbocycles. The predicted octanol–water partition coefficient (Wildman–Crippen LogP) is 2.15. The normalized spacial score (nSPS) is 30.0. The van der Waals surface area contributed by atoms with Gasteiger partial charge < -0.3 is 22.8 Å². The highest BCUT2D eigenvalue weighted by atomic mass is 28.5. The summed E-state index contributed by atoms with van der Waals surface area (Å²) in [6, 6.07) is 0. The van der Waals surface area contributed by atoms with E-state index >= 15 is 0 Å². The Bertz CT molecular complexity index is 901. The largest absolute Gasteiger partial charge is 0.414 e. The van der Waals surface area contributed by atoms with Gasteiger partial charge in [-0.15, -0.1) is 0 Å². The Hall–Kier alpha value is -1.16. The summed E-state index contributed by atoms with van der Waals surface area (Å²) < 4.78 is 27.5. The van der Waals surface area contributed by atoms with Crippen LogP contribution in [0.2, 0.25) is 22.2 Å². The van der Waals surface area contributed by atoms with Crippen LogP contribution < -0.4 is 11.2 Å². The van der Waals surface area contributed by atoms with Crippen LogP contribution >= 0.6 is 0 Å². The molecule has 0 bridgehead atoms. The summed E-state index contributed by atoms with van der Waals surface area (Å²) in [5.41, 5.74) is -0.829. The summed E-state index contributed by atoms with van der Waals surface area (Å²) in [4.78, 5) is 25.9. The van der Waals surface area contributed by atoms with Crippen LogP contribution in [-0.2, 0) is 17.7 Å². The quantitative estimate of drug-likeness (QED) is 0.605. The molecular weight excluding hydrogens is 450 g/mol. The van der Waals surface area contributed by atoms with Gasteiger partial charge in [0.2, 0.25) is 0 Å². The average Bonchev–Trinajstić information content (AvgIpc) is 2.96. The van der Waals surface area contributed by atoms with Crippen molar-refractivity contribution in [2.45, 2.75) is 102 Å². The molecule has 2 saturated heterocycles. The minimum absolute atomic E-state index is 0.0920. The summed E-state index contributed by atoms with van der Waals surface area (Å²) in [6.45, 7) is 17.1. The van der Waals surface area contributed by atoms with Crippen LogP contribution in [0, 0.1) is 0 Å². The molecule has 0 radical (unpaired) electrons. The number of rotatable bonds is 5. The van der Waals surface area contributed by atoms with Gasteiger partial charge in [-0.2, -0.15) is 9.78 Å². The Labute approximate surface area is 190 Å². The molecular formula is C20H37N3O7Si2. The van der Waals surface area contributed by atoms with Crippen LogP contribution in [0.3, 0.4) is 0 Å². The molecule has 182 valence electrons. The number of nitrogens with zero attached hydrogens (tertiary/aromatic N) is 2. The number of aromatic nitrogens is 3. The molecule has 0 spiro atoms. The van der Waals surface area contributed by atoms with E-state index in [2.05, 4.69) is 65.5 Å². The van der Waals surface area contributed by atoms with E-state index in [4.69, 9.17) is 17.7 Å². The first kappa shape index (κ1) is 25.5. The molecule has 10 nitrogen and oxygen atoms in total. The Balaban J connectivity index is 2.08. The number of aliphatic hydroxyl groups excluding tert-OH is 1. The molecule has 1 aromatic heterocycles. The lowest BCUT2D eigenvalue weighted by atomic mass is 10.1. The van der Waals surface area contributed by atoms with Crippen LogP contribution in [0.1, 0.15) is 61.6 Å². The van der Waals surface area contributed by atoms with Crippen molar-refractivity contribution in [1.29, 1.82) is 0 Å². The first-order chi connectivity index (χ1) is 14.9. The summed E-state index contributed by atoms with van der Waals surface area (Å²) in [6.07, 6.45) is -2.65. The molecule has 12 heteroatoms. The van der Waals surface area contributed by atoms with E-state index in [1.54, 1.807) is 0 Å². The molecule has 2 aliphatic heterocycles. The number of H-pyrrole nitrogens is 1. The highest BCUT2D eigenvalue weighted by Gasteiger charge is 2.61. The first-order valence-corrected chi connectivity index (χ1v) is 15.3. The zero-order valence-corrected chi connectivity index (χ0v) is 22.2. The Morgan fingerprint density at radius 2 is 1.59 bits per heavy atom. The zero-order valence-electron chi connectivity index (χ0n) is 20.2. The van der Waals surface area contributed by atoms with Crippen LogP contribution in [0.5, 0.6) is 0 Å². The third-order valence-corrected chi connectivity index (χ3v) is 16.9. The lowest BCUT2D eigenvalue weighted by molar-refractivity contribution is -0.0656. The molecule has 0 aliphatic carbocycles. The Morgan fingerprint density at radius 3 is 2.09 bits per heavy atom. The topological polar surface area (TPSA) is 125 Å². The Kier molecular flexibility index (Phi) is 7.35.